The highest BCUT2D eigenvalue weighted by Crippen LogP contribution is 2.46. The molecule has 0 bridgehead atoms. The Balaban J connectivity index is 0.000000688. The van der Waals surface area contributed by atoms with E-state index in [0.29, 0.717) is 29.1 Å². The maximum Gasteiger partial charge on any atom is 0.172 e. The second-order valence-corrected chi connectivity index (χ2v) is 13.5. The molecule has 1 fully saturated rings. The summed E-state index contributed by atoms with van der Waals surface area (Å²) in [5, 5.41) is 27.8. The monoisotopic (exact) mass is 664 g/mol. The van der Waals surface area contributed by atoms with Crippen molar-refractivity contribution in [2.24, 2.45) is 11.8 Å². The number of benzene rings is 1. The van der Waals surface area contributed by atoms with Crippen LogP contribution in [0.15, 0.2) is 54.1 Å². The minimum Gasteiger partial charge on any atom is -0.507 e. The minimum absolute atomic E-state index is 0.228. The van der Waals surface area contributed by atoms with Crippen LogP contribution in [-0.2, 0) is 12.8 Å². The van der Waals surface area contributed by atoms with E-state index in [1.165, 1.54) is 24.1 Å². The van der Waals surface area contributed by atoms with Crippen molar-refractivity contribution in [3.8, 4) is 17.0 Å². The number of aromatic hydroxyl groups is 1. The molecule has 10 heteroatoms. The van der Waals surface area contributed by atoms with Gasteiger partial charge in [-0.1, -0.05) is 51.9 Å². The van der Waals surface area contributed by atoms with Crippen molar-refractivity contribution in [2.45, 2.75) is 73.3 Å². The largest absolute Gasteiger partial charge is 0.507 e. The molecule has 2 aliphatic rings. The van der Waals surface area contributed by atoms with Gasteiger partial charge in [0, 0.05) is 66.4 Å². The standard InChI is InChI=1S/C30H38N6O2S.C3H9N.C2H6.C2H4/c1-19(2)15-22-16-28(34-38-22)35-12-9-21(10-13-35)18-36(39-4)14-11-25-29(20(36)3)24-17-26(32-33-30(24)31-25)23-7-5-6-8-27(23)37;1-3-4-2;2*1-2/h5-8,16-17,19-21H,9-15,18H2,1-4H3,(H-,31,32,33,37);4H,3H2,1-2H3;1-2H3;1-2H2/p+1/t20-,36?;;;/m0.../s1. The van der Waals surface area contributed by atoms with Gasteiger partial charge in [0.2, 0.25) is 0 Å². The molecule has 47 heavy (non-hydrogen) atoms. The number of phenols is 1. The van der Waals surface area contributed by atoms with E-state index in [2.05, 4.69) is 89.8 Å². The van der Waals surface area contributed by atoms with Crippen LogP contribution in [0.25, 0.3) is 22.3 Å². The Hall–Kier alpha value is -3.34. The first kappa shape index (κ1) is 38.1. The smallest absolute Gasteiger partial charge is 0.172 e. The van der Waals surface area contributed by atoms with E-state index in [4.69, 9.17) is 4.52 Å². The number of quaternary nitrogens is 1. The maximum absolute atomic E-state index is 10.4. The van der Waals surface area contributed by atoms with Gasteiger partial charge in [-0.2, -0.15) is 0 Å². The van der Waals surface area contributed by atoms with Crippen LogP contribution in [-0.4, -0.2) is 75.4 Å². The third kappa shape index (κ3) is 8.97. The van der Waals surface area contributed by atoms with Crippen LogP contribution in [0.3, 0.4) is 0 Å². The number of rotatable bonds is 8. The van der Waals surface area contributed by atoms with Gasteiger partial charge in [0.15, 0.2) is 11.5 Å². The third-order valence-electron chi connectivity index (χ3n) is 9.10. The molecule has 3 N–H and O–H groups in total. The summed E-state index contributed by atoms with van der Waals surface area (Å²) in [6, 6.07) is 11.9. The van der Waals surface area contributed by atoms with Crippen LogP contribution in [0, 0.1) is 11.8 Å². The molecule has 6 rings (SSSR count). The van der Waals surface area contributed by atoms with E-state index in [-0.39, 0.29) is 5.75 Å². The number of nitrogens with zero attached hydrogens (tertiary/aromatic N) is 5. The van der Waals surface area contributed by atoms with Gasteiger partial charge < -0.3 is 24.8 Å². The molecule has 1 aromatic carbocycles. The van der Waals surface area contributed by atoms with Crippen LogP contribution in [0.4, 0.5) is 5.82 Å². The molecule has 4 aromatic rings. The SMILES string of the molecule is C=C.CC.CCNC.CS[N+]1(CC2CCN(c3cc(CC(C)C)on3)CC2)CCc2[nH]c3nnc(-c4ccccc4O)cc3c2[C@@H]1C. The van der Waals surface area contributed by atoms with E-state index in [0.717, 1.165) is 72.1 Å². The number of hydrogen-bond donors (Lipinski definition) is 3. The van der Waals surface area contributed by atoms with E-state index in [9.17, 15) is 5.11 Å². The molecule has 0 aliphatic carbocycles. The molecule has 0 spiro atoms. The quantitative estimate of drug-likeness (QED) is 0.0984. The Labute approximate surface area is 286 Å². The van der Waals surface area contributed by atoms with Gasteiger partial charge in [0.25, 0.3) is 0 Å². The average Bonchev–Trinajstić information content (AvgIpc) is 3.72. The molecule has 2 atom stereocenters. The van der Waals surface area contributed by atoms with Crippen LogP contribution in [0.2, 0.25) is 0 Å². The van der Waals surface area contributed by atoms with Crippen LogP contribution < -0.4 is 10.2 Å². The highest BCUT2D eigenvalue weighted by atomic mass is 32.2. The van der Waals surface area contributed by atoms with Gasteiger partial charge in [-0.05, 0) is 57.5 Å². The number of aromatic nitrogens is 4. The van der Waals surface area contributed by atoms with Gasteiger partial charge in [-0.15, -0.1) is 23.4 Å². The summed E-state index contributed by atoms with van der Waals surface area (Å²) in [6.07, 6.45) is 6.54. The van der Waals surface area contributed by atoms with Gasteiger partial charge in [-0.3, -0.25) is 3.89 Å². The van der Waals surface area contributed by atoms with Gasteiger partial charge >= 0.3 is 0 Å². The lowest BCUT2D eigenvalue weighted by atomic mass is 9.92. The van der Waals surface area contributed by atoms with Crippen LogP contribution >= 0.6 is 11.9 Å². The highest BCUT2D eigenvalue weighted by molar-refractivity contribution is 7.93. The summed E-state index contributed by atoms with van der Waals surface area (Å²) in [6.45, 7) is 24.2. The molecule has 2 aliphatic heterocycles. The number of phenolic OH excluding ortho intramolecular Hbond substituents is 1. The predicted molar refractivity (Wildman–Crippen MR) is 199 cm³/mol. The zero-order chi connectivity index (χ0) is 34.6. The zero-order valence-corrected chi connectivity index (χ0v) is 30.8. The van der Waals surface area contributed by atoms with Gasteiger partial charge in [-0.25, -0.2) is 0 Å². The Morgan fingerprint density at radius 3 is 2.45 bits per heavy atom. The van der Waals surface area contributed by atoms with E-state index in [1.54, 1.807) is 6.07 Å². The predicted octanol–water partition coefficient (Wildman–Crippen LogP) is 8.20. The fourth-order valence-corrected chi connectivity index (χ4v) is 7.65. The lowest BCUT2D eigenvalue weighted by Gasteiger charge is -2.46. The summed E-state index contributed by atoms with van der Waals surface area (Å²) in [4.78, 5) is 5.96. The van der Waals surface area contributed by atoms with Crippen LogP contribution in [0.1, 0.15) is 77.4 Å². The Bertz CT molecular complexity index is 1510. The van der Waals surface area contributed by atoms with E-state index in [1.807, 2.05) is 51.0 Å². The van der Waals surface area contributed by atoms with Gasteiger partial charge in [0.05, 0.1) is 30.7 Å². The van der Waals surface area contributed by atoms with E-state index >= 15 is 0 Å². The topological polar surface area (TPSA) is 103 Å². The third-order valence-corrected chi connectivity index (χ3v) is 10.5. The van der Waals surface area contributed by atoms with Crippen molar-refractivity contribution in [3.05, 3.63) is 66.6 Å². The first-order chi connectivity index (χ1) is 22.8. The summed E-state index contributed by atoms with van der Waals surface area (Å²) >= 11 is 1.99. The molecule has 0 amide bonds. The average molecular weight is 665 g/mol. The molecular weight excluding hydrogens is 607 g/mol. The Morgan fingerprint density at radius 2 is 1.83 bits per heavy atom. The summed E-state index contributed by atoms with van der Waals surface area (Å²) in [7, 11) is 1.93. The first-order valence-corrected chi connectivity index (χ1v) is 18.4. The number of para-hydroxylation sites is 1. The Morgan fingerprint density at radius 1 is 1.15 bits per heavy atom. The number of piperidine rings is 1. The van der Waals surface area contributed by atoms with Crippen molar-refractivity contribution in [1.82, 2.24) is 25.7 Å². The molecule has 0 radical (unpaired) electrons. The normalized spacial score (nSPS) is 19.2. The maximum atomic E-state index is 10.4. The molecule has 3 aromatic heterocycles. The number of fused-ring (bicyclic) bond motifs is 3. The number of nitrogens with one attached hydrogen (secondary N) is 2. The van der Waals surface area contributed by atoms with Crippen LogP contribution in [0.5, 0.6) is 5.75 Å². The molecular formula is C37H58N7O2S+. The van der Waals surface area contributed by atoms with E-state index < -0.39 is 0 Å². The lowest BCUT2D eigenvalue weighted by Crippen LogP contribution is -2.51. The summed E-state index contributed by atoms with van der Waals surface area (Å²) < 4.78 is 6.62. The Kier molecular flexibility index (Phi) is 14.8. The fraction of sp³-hybridized carbons (Fsp3) is 0.541. The molecule has 258 valence electrons. The second kappa shape index (κ2) is 18.3. The molecule has 1 unspecified atom stereocenters. The molecule has 1 saturated heterocycles. The van der Waals surface area contributed by atoms with Gasteiger partial charge in [0.1, 0.15) is 17.6 Å². The fourth-order valence-electron chi connectivity index (χ4n) is 6.59. The lowest BCUT2D eigenvalue weighted by molar-refractivity contribution is -0.833. The molecule has 5 heterocycles. The second-order valence-electron chi connectivity index (χ2n) is 12.4. The summed E-state index contributed by atoms with van der Waals surface area (Å²) in [5.74, 6) is 3.44. The first-order valence-electron chi connectivity index (χ1n) is 17.2. The number of anilines is 1. The van der Waals surface area contributed by atoms with Crippen molar-refractivity contribution in [2.75, 3.05) is 50.9 Å². The number of H-pyrrole nitrogens is 1. The zero-order valence-electron chi connectivity index (χ0n) is 30.0. The minimum atomic E-state index is 0.228. The van der Waals surface area contributed by atoms with Crippen molar-refractivity contribution >= 4 is 28.8 Å². The highest BCUT2D eigenvalue weighted by Gasteiger charge is 2.44. The van der Waals surface area contributed by atoms with Crippen molar-refractivity contribution in [3.63, 3.8) is 0 Å². The molecule has 0 saturated carbocycles. The number of aromatic amines is 1. The van der Waals surface area contributed by atoms with Crippen molar-refractivity contribution < 1.29 is 13.5 Å². The molecule has 9 nitrogen and oxygen atoms in total. The summed E-state index contributed by atoms with van der Waals surface area (Å²) in [5.41, 5.74) is 4.90. The van der Waals surface area contributed by atoms with Crippen molar-refractivity contribution in [1.29, 1.82) is 0 Å². The number of hydrogen-bond acceptors (Lipinski definition) is 8.